The molecule has 8 nitrogen and oxygen atoms in total. The zero-order valence-corrected chi connectivity index (χ0v) is 12.0. The van der Waals surface area contributed by atoms with Gasteiger partial charge < -0.3 is 24.4 Å². The van der Waals surface area contributed by atoms with Gasteiger partial charge in [-0.1, -0.05) is 0 Å². The molecule has 0 bridgehead atoms. The number of esters is 2. The van der Waals surface area contributed by atoms with Gasteiger partial charge in [-0.05, 0) is 6.42 Å². The van der Waals surface area contributed by atoms with Crippen LogP contribution in [0.15, 0.2) is 12.2 Å². The van der Waals surface area contributed by atoms with Crippen LogP contribution < -0.4 is 5.32 Å². The summed E-state index contributed by atoms with van der Waals surface area (Å²) in [4.78, 5) is 35.3. The van der Waals surface area contributed by atoms with Crippen LogP contribution in [0, 0.1) is 0 Å². The van der Waals surface area contributed by atoms with Gasteiger partial charge in [-0.2, -0.15) is 0 Å². The highest BCUT2D eigenvalue weighted by molar-refractivity contribution is 5.91. The van der Waals surface area contributed by atoms with Crippen LogP contribution in [-0.2, 0) is 23.8 Å². The lowest BCUT2D eigenvalue weighted by atomic mass is 10.4. The maximum Gasteiger partial charge on any atom is 0.331 e. The first-order valence-electron chi connectivity index (χ1n) is 6.67. The Morgan fingerprint density at radius 3 is 2.52 bits per heavy atom. The van der Waals surface area contributed by atoms with E-state index in [1.54, 1.807) is 4.90 Å². The molecule has 21 heavy (non-hydrogen) atoms. The number of carbonyl (C=O) groups excluding carboxylic acids is 3. The standard InChI is InChI=1S/C13H20N2O6/c1-19-11(16)3-4-12(17)21-8-2-5-14-13(18)15-6-9-20-10-7-15/h3-4H,2,5-10H2,1H3,(H,14,18)/b4-3+. The fourth-order valence-electron chi connectivity index (χ4n) is 1.57. The van der Waals surface area contributed by atoms with Crippen molar-refractivity contribution in [3.05, 3.63) is 12.2 Å². The molecule has 0 aromatic rings. The molecular weight excluding hydrogens is 280 g/mol. The number of hydrogen-bond acceptors (Lipinski definition) is 6. The number of rotatable bonds is 6. The van der Waals surface area contributed by atoms with Crippen molar-refractivity contribution in [2.24, 2.45) is 0 Å². The second kappa shape index (κ2) is 9.76. The van der Waals surface area contributed by atoms with Gasteiger partial charge in [-0.15, -0.1) is 0 Å². The Morgan fingerprint density at radius 1 is 1.19 bits per heavy atom. The average molecular weight is 300 g/mol. The van der Waals surface area contributed by atoms with Gasteiger partial charge in [-0.3, -0.25) is 0 Å². The first kappa shape index (κ1) is 17.0. The van der Waals surface area contributed by atoms with E-state index in [1.807, 2.05) is 0 Å². The van der Waals surface area contributed by atoms with Gasteiger partial charge in [0.1, 0.15) is 0 Å². The molecule has 1 N–H and O–H groups in total. The predicted molar refractivity (Wildman–Crippen MR) is 72.5 cm³/mol. The van der Waals surface area contributed by atoms with Crippen LogP contribution >= 0.6 is 0 Å². The quantitative estimate of drug-likeness (QED) is 0.411. The Balaban J connectivity index is 2.06. The highest BCUT2D eigenvalue weighted by Crippen LogP contribution is 1.96. The summed E-state index contributed by atoms with van der Waals surface area (Å²) < 4.78 is 14.3. The third-order valence-corrected chi connectivity index (χ3v) is 2.70. The van der Waals surface area contributed by atoms with Crippen molar-refractivity contribution in [1.29, 1.82) is 0 Å². The molecule has 118 valence electrons. The van der Waals surface area contributed by atoms with Crippen LogP contribution in [0.2, 0.25) is 0 Å². The summed E-state index contributed by atoms with van der Waals surface area (Å²) in [6, 6.07) is -0.143. The maximum atomic E-state index is 11.7. The fourth-order valence-corrected chi connectivity index (χ4v) is 1.57. The van der Waals surface area contributed by atoms with Crippen molar-refractivity contribution in [2.75, 3.05) is 46.6 Å². The largest absolute Gasteiger partial charge is 0.466 e. The average Bonchev–Trinajstić information content (AvgIpc) is 2.52. The van der Waals surface area contributed by atoms with Crippen LogP contribution in [0.25, 0.3) is 0 Å². The van der Waals surface area contributed by atoms with Crippen LogP contribution in [0.1, 0.15) is 6.42 Å². The lowest BCUT2D eigenvalue weighted by Gasteiger charge is -2.26. The van der Waals surface area contributed by atoms with Gasteiger partial charge in [0.15, 0.2) is 0 Å². The first-order chi connectivity index (χ1) is 10.1. The van der Waals surface area contributed by atoms with E-state index in [9.17, 15) is 14.4 Å². The minimum atomic E-state index is -0.625. The van der Waals surface area contributed by atoms with E-state index in [0.29, 0.717) is 39.3 Å². The number of carbonyl (C=O) groups is 3. The second-order valence-corrected chi connectivity index (χ2v) is 4.21. The Labute approximate surface area is 123 Å². The third kappa shape index (κ3) is 7.31. The zero-order valence-electron chi connectivity index (χ0n) is 12.0. The molecule has 8 heteroatoms. The third-order valence-electron chi connectivity index (χ3n) is 2.70. The summed E-state index contributed by atoms with van der Waals surface area (Å²) >= 11 is 0. The second-order valence-electron chi connectivity index (χ2n) is 4.21. The predicted octanol–water partition coefficient (Wildman–Crippen LogP) is -0.309. The number of nitrogens with one attached hydrogen (secondary N) is 1. The molecule has 0 aromatic carbocycles. The SMILES string of the molecule is COC(=O)/C=C/C(=O)OCCCNC(=O)N1CCOCC1. The summed E-state index contributed by atoms with van der Waals surface area (Å²) in [5, 5.41) is 2.73. The van der Waals surface area contributed by atoms with Crippen LogP contribution in [0.4, 0.5) is 4.79 Å². The smallest absolute Gasteiger partial charge is 0.331 e. The Bertz CT molecular complexity index is 390. The molecule has 0 radical (unpaired) electrons. The maximum absolute atomic E-state index is 11.7. The summed E-state index contributed by atoms with van der Waals surface area (Å²) in [6.07, 6.45) is 2.48. The fraction of sp³-hybridized carbons (Fsp3) is 0.615. The van der Waals surface area contributed by atoms with Crippen molar-refractivity contribution in [3.8, 4) is 0 Å². The Kier molecular flexibility index (Phi) is 7.88. The number of amides is 2. The molecule has 0 atom stereocenters. The van der Waals surface area contributed by atoms with Crippen molar-refractivity contribution in [3.63, 3.8) is 0 Å². The van der Waals surface area contributed by atoms with Crippen molar-refractivity contribution in [2.45, 2.75) is 6.42 Å². The number of ether oxygens (including phenoxy) is 3. The van der Waals surface area contributed by atoms with Gasteiger partial charge >= 0.3 is 18.0 Å². The van der Waals surface area contributed by atoms with E-state index < -0.39 is 11.9 Å². The summed E-state index contributed by atoms with van der Waals surface area (Å²) in [5.41, 5.74) is 0. The highest BCUT2D eigenvalue weighted by Gasteiger charge is 2.15. The minimum Gasteiger partial charge on any atom is -0.466 e. The topological polar surface area (TPSA) is 94.2 Å². The van der Waals surface area contributed by atoms with Crippen molar-refractivity contribution < 1.29 is 28.6 Å². The molecule has 0 saturated carbocycles. The molecule has 1 saturated heterocycles. The van der Waals surface area contributed by atoms with E-state index in [1.165, 1.54) is 7.11 Å². The molecule has 0 unspecified atom stereocenters. The minimum absolute atomic E-state index is 0.143. The Hall–Kier alpha value is -2.09. The monoisotopic (exact) mass is 300 g/mol. The normalized spacial score (nSPS) is 14.8. The van der Waals surface area contributed by atoms with Crippen LogP contribution in [0.5, 0.6) is 0 Å². The summed E-state index contributed by atoms with van der Waals surface area (Å²) in [5.74, 6) is -1.25. The van der Waals surface area contributed by atoms with Gasteiger partial charge in [0.2, 0.25) is 0 Å². The number of urea groups is 1. The lowest BCUT2D eigenvalue weighted by molar-refractivity contribution is -0.139. The molecule has 1 aliphatic heterocycles. The first-order valence-corrected chi connectivity index (χ1v) is 6.67. The molecule has 1 heterocycles. The van der Waals surface area contributed by atoms with Crippen LogP contribution in [0.3, 0.4) is 0 Å². The van der Waals surface area contributed by atoms with E-state index in [-0.39, 0.29) is 12.6 Å². The Morgan fingerprint density at radius 2 is 1.86 bits per heavy atom. The van der Waals surface area contributed by atoms with E-state index in [0.717, 1.165) is 12.2 Å². The van der Waals surface area contributed by atoms with E-state index >= 15 is 0 Å². The van der Waals surface area contributed by atoms with Gasteiger partial charge in [-0.25, -0.2) is 14.4 Å². The molecule has 2 amide bonds. The van der Waals surface area contributed by atoms with Gasteiger partial charge in [0, 0.05) is 31.8 Å². The van der Waals surface area contributed by atoms with Crippen LogP contribution in [-0.4, -0.2) is 69.4 Å². The van der Waals surface area contributed by atoms with E-state index in [2.05, 4.69) is 10.1 Å². The lowest BCUT2D eigenvalue weighted by Crippen LogP contribution is -2.46. The van der Waals surface area contributed by atoms with Gasteiger partial charge in [0.05, 0.1) is 26.9 Å². The molecule has 0 aromatic heterocycles. The zero-order chi connectivity index (χ0) is 15.5. The number of hydrogen-bond donors (Lipinski definition) is 1. The summed E-state index contributed by atoms with van der Waals surface area (Å²) in [7, 11) is 1.22. The molecule has 0 aliphatic carbocycles. The number of nitrogens with zero attached hydrogens (tertiary/aromatic N) is 1. The van der Waals surface area contributed by atoms with E-state index in [4.69, 9.17) is 9.47 Å². The van der Waals surface area contributed by atoms with Gasteiger partial charge in [0.25, 0.3) is 0 Å². The number of morpholine rings is 1. The van der Waals surface area contributed by atoms with Crippen molar-refractivity contribution in [1.82, 2.24) is 10.2 Å². The highest BCUT2D eigenvalue weighted by atomic mass is 16.5. The molecule has 1 aliphatic rings. The molecular formula is C13H20N2O6. The van der Waals surface area contributed by atoms with Crippen molar-refractivity contribution >= 4 is 18.0 Å². The number of methoxy groups -OCH3 is 1. The molecule has 0 spiro atoms. The molecule has 1 fully saturated rings. The molecule has 1 rings (SSSR count). The summed E-state index contributed by atoms with van der Waals surface area (Å²) in [6.45, 7) is 2.84.